The lowest BCUT2D eigenvalue weighted by Crippen LogP contribution is -2.32. The van der Waals surface area contributed by atoms with E-state index in [-0.39, 0.29) is 0 Å². The van der Waals surface area contributed by atoms with Gasteiger partial charge in [0.2, 0.25) is 0 Å². The summed E-state index contributed by atoms with van der Waals surface area (Å²) >= 11 is 0. The summed E-state index contributed by atoms with van der Waals surface area (Å²) in [6.45, 7) is 0. The lowest BCUT2D eigenvalue weighted by Gasteiger charge is -2.04. The molecule has 1 unspecified atom stereocenters. The molecular weight excluding hydrogens is 230 g/mol. The van der Waals surface area contributed by atoms with Gasteiger partial charge in [-0.05, 0) is 18.1 Å². The van der Waals surface area contributed by atoms with Gasteiger partial charge in [-0.3, -0.25) is 4.79 Å². The fraction of sp³-hybridized carbons (Fsp3) is 0.154. The molecule has 1 heterocycles. The number of carbonyl (C=O) groups is 1. The van der Waals surface area contributed by atoms with Gasteiger partial charge in [-0.25, -0.2) is 9.97 Å². The minimum absolute atomic E-state index is 0.385. The zero-order valence-electron chi connectivity index (χ0n) is 9.81. The van der Waals surface area contributed by atoms with E-state index >= 15 is 0 Å². The van der Waals surface area contributed by atoms with Crippen molar-refractivity contribution in [2.24, 2.45) is 5.73 Å². The summed E-state index contributed by atoms with van der Waals surface area (Å²) in [5, 5.41) is 8.52. The van der Waals surface area contributed by atoms with Crippen LogP contribution in [0.5, 0.6) is 0 Å². The molecule has 94 valence electrons. The Morgan fingerprint density at radius 1 is 1.17 bits per heavy atom. The van der Waals surface area contributed by atoms with Crippen LogP contribution >= 0.6 is 0 Å². The monoisotopic (exact) mass is 245 g/mol. The van der Waals surface area contributed by atoms with Crippen molar-refractivity contribution in [1.29, 1.82) is 0 Å². The highest BCUT2D eigenvalue weighted by Crippen LogP contribution is 2.01. The SMILES string of the molecule is NC(Cc1ccccc1)C(=O)O.c1cncnc1. The maximum Gasteiger partial charge on any atom is 0.320 e. The van der Waals surface area contributed by atoms with Crippen LogP contribution in [-0.4, -0.2) is 27.1 Å². The Morgan fingerprint density at radius 2 is 1.78 bits per heavy atom. The number of rotatable bonds is 3. The Hall–Kier alpha value is -2.27. The number of nitrogens with zero attached hydrogens (tertiary/aromatic N) is 2. The van der Waals surface area contributed by atoms with Gasteiger partial charge >= 0.3 is 5.97 Å². The third-order valence-corrected chi connectivity index (χ3v) is 2.09. The molecule has 2 aromatic rings. The van der Waals surface area contributed by atoms with Gasteiger partial charge in [-0.2, -0.15) is 0 Å². The number of hydrogen-bond acceptors (Lipinski definition) is 4. The van der Waals surface area contributed by atoms with Crippen LogP contribution in [0.15, 0.2) is 55.1 Å². The molecule has 0 aliphatic rings. The molecule has 5 heteroatoms. The average Bonchev–Trinajstić information content (AvgIpc) is 2.42. The first kappa shape index (κ1) is 13.8. The minimum atomic E-state index is -0.959. The van der Waals surface area contributed by atoms with Crippen LogP contribution in [-0.2, 0) is 11.2 Å². The molecule has 5 nitrogen and oxygen atoms in total. The normalized spacial score (nSPS) is 10.9. The molecule has 1 aromatic carbocycles. The van der Waals surface area contributed by atoms with Crippen LogP contribution in [0.1, 0.15) is 5.56 Å². The number of aromatic nitrogens is 2. The van der Waals surface area contributed by atoms with E-state index in [0.717, 1.165) is 5.56 Å². The largest absolute Gasteiger partial charge is 0.480 e. The first-order chi connectivity index (χ1) is 8.70. The van der Waals surface area contributed by atoms with E-state index in [1.165, 1.54) is 6.33 Å². The van der Waals surface area contributed by atoms with Crippen LogP contribution in [0.4, 0.5) is 0 Å². The van der Waals surface area contributed by atoms with Crippen LogP contribution in [0.25, 0.3) is 0 Å². The second kappa shape index (κ2) is 7.92. The number of carboxylic acids is 1. The zero-order valence-corrected chi connectivity index (χ0v) is 9.81. The summed E-state index contributed by atoms with van der Waals surface area (Å²) in [7, 11) is 0. The Kier molecular flexibility index (Phi) is 6.07. The molecule has 0 amide bonds. The molecule has 0 bridgehead atoms. The fourth-order valence-electron chi connectivity index (χ4n) is 1.21. The van der Waals surface area contributed by atoms with E-state index in [1.54, 1.807) is 18.5 Å². The summed E-state index contributed by atoms with van der Waals surface area (Å²) in [4.78, 5) is 17.7. The maximum absolute atomic E-state index is 10.4. The Bertz CT molecular complexity index is 422. The van der Waals surface area contributed by atoms with E-state index in [0.29, 0.717) is 6.42 Å². The number of nitrogens with two attached hydrogens (primary N) is 1. The van der Waals surface area contributed by atoms with Crippen LogP contribution in [0, 0.1) is 0 Å². The number of benzene rings is 1. The molecule has 1 atom stereocenters. The van der Waals surface area contributed by atoms with Gasteiger partial charge < -0.3 is 10.8 Å². The third kappa shape index (κ3) is 5.72. The second-order valence-corrected chi connectivity index (χ2v) is 3.54. The van der Waals surface area contributed by atoms with E-state index in [2.05, 4.69) is 9.97 Å². The summed E-state index contributed by atoms with van der Waals surface area (Å²) in [5.74, 6) is -0.959. The van der Waals surface area contributed by atoms with Crippen LogP contribution in [0.2, 0.25) is 0 Å². The molecule has 0 fully saturated rings. The molecule has 0 spiro atoms. The molecule has 0 saturated carbocycles. The van der Waals surface area contributed by atoms with Gasteiger partial charge in [0, 0.05) is 12.4 Å². The average molecular weight is 245 g/mol. The van der Waals surface area contributed by atoms with Crippen molar-refractivity contribution >= 4 is 5.97 Å². The molecule has 0 aliphatic heterocycles. The fourth-order valence-corrected chi connectivity index (χ4v) is 1.21. The van der Waals surface area contributed by atoms with Gasteiger partial charge in [0.05, 0.1) is 0 Å². The van der Waals surface area contributed by atoms with Crippen molar-refractivity contribution in [3.63, 3.8) is 0 Å². The van der Waals surface area contributed by atoms with E-state index in [9.17, 15) is 4.79 Å². The molecule has 0 radical (unpaired) electrons. The third-order valence-electron chi connectivity index (χ3n) is 2.09. The molecule has 1 aromatic heterocycles. The zero-order chi connectivity index (χ0) is 13.2. The quantitative estimate of drug-likeness (QED) is 0.845. The summed E-state index contributed by atoms with van der Waals surface area (Å²) in [5.41, 5.74) is 6.30. The van der Waals surface area contributed by atoms with Gasteiger partial charge in [0.1, 0.15) is 12.4 Å². The highest BCUT2D eigenvalue weighted by atomic mass is 16.4. The highest BCUT2D eigenvalue weighted by molar-refractivity contribution is 5.73. The lowest BCUT2D eigenvalue weighted by atomic mass is 10.1. The minimum Gasteiger partial charge on any atom is -0.480 e. The topological polar surface area (TPSA) is 89.1 Å². The van der Waals surface area contributed by atoms with Crippen LogP contribution < -0.4 is 5.73 Å². The van der Waals surface area contributed by atoms with Crippen molar-refractivity contribution in [3.05, 3.63) is 60.7 Å². The second-order valence-electron chi connectivity index (χ2n) is 3.54. The first-order valence-corrected chi connectivity index (χ1v) is 5.42. The van der Waals surface area contributed by atoms with Crippen molar-refractivity contribution in [2.45, 2.75) is 12.5 Å². The van der Waals surface area contributed by atoms with Crippen LogP contribution in [0.3, 0.4) is 0 Å². The Balaban J connectivity index is 0.000000225. The summed E-state index contributed by atoms with van der Waals surface area (Å²) in [6.07, 6.45) is 5.26. The van der Waals surface area contributed by atoms with Gasteiger partial charge in [-0.15, -0.1) is 0 Å². The Morgan fingerprint density at radius 3 is 2.17 bits per heavy atom. The van der Waals surface area contributed by atoms with Crippen molar-refractivity contribution < 1.29 is 9.90 Å². The van der Waals surface area contributed by atoms with Crippen molar-refractivity contribution in [1.82, 2.24) is 9.97 Å². The molecule has 18 heavy (non-hydrogen) atoms. The smallest absolute Gasteiger partial charge is 0.320 e. The highest BCUT2D eigenvalue weighted by Gasteiger charge is 2.10. The van der Waals surface area contributed by atoms with Crippen molar-refractivity contribution in [2.75, 3.05) is 0 Å². The lowest BCUT2D eigenvalue weighted by molar-refractivity contribution is -0.138. The predicted octanol–water partition coefficient (Wildman–Crippen LogP) is 1.12. The van der Waals surface area contributed by atoms with E-state index in [4.69, 9.17) is 10.8 Å². The first-order valence-electron chi connectivity index (χ1n) is 5.42. The molecule has 3 N–H and O–H groups in total. The Labute approximate surface area is 105 Å². The standard InChI is InChI=1S/C9H11NO2.C4H4N2/c10-8(9(11)12)6-7-4-2-1-3-5-7;1-2-5-4-6-3-1/h1-5,8H,6,10H2,(H,11,12);1-4H. The summed E-state index contributed by atoms with van der Waals surface area (Å²) in [6, 6.07) is 10.3. The van der Waals surface area contributed by atoms with E-state index in [1.807, 2.05) is 30.3 Å². The van der Waals surface area contributed by atoms with Gasteiger partial charge in [-0.1, -0.05) is 30.3 Å². The molecular formula is C13H15N3O2. The van der Waals surface area contributed by atoms with Gasteiger partial charge in [0.15, 0.2) is 0 Å². The maximum atomic E-state index is 10.4. The predicted molar refractivity (Wildman–Crippen MR) is 67.8 cm³/mol. The number of hydrogen-bond donors (Lipinski definition) is 2. The summed E-state index contributed by atoms with van der Waals surface area (Å²) < 4.78 is 0. The molecule has 0 aliphatic carbocycles. The van der Waals surface area contributed by atoms with Gasteiger partial charge in [0.25, 0.3) is 0 Å². The number of carboxylic acid groups (broad SMARTS) is 1. The van der Waals surface area contributed by atoms with Crippen molar-refractivity contribution in [3.8, 4) is 0 Å². The number of aliphatic carboxylic acids is 1. The molecule has 0 saturated heterocycles. The van der Waals surface area contributed by atoms with E-state index < -0.39 is 12.0 Å². The molecule has 2 rings (SSSR count).